The highest BCUT2D eigenvalue weighted by Gasteiger charge is 2.25. The Bertz CT molecular complexity index is 3680. The van der Waals surface area contributed by atoms with E-state index in [9.17, 15) is 76.7 Å². The molecule has 32 heteroatoms. The lowest BCUT2D eigenvalue weighted by molar-refractivity contribution is -0.139. The quantitative estimate of drug-likeness (QED) is 0.0190. The van der Waals surface area contributed by atoms with E-state index in [1.54, 1.807) is 27.7 Å². The first-order valence-corrected chi connectivity index (χ1v) is 56.5. The summed E-state index contributed by atoms with van der Waals surface area (Å²) >= 11 is 0. The summed E-state index contributed by atoms with van der Waals surface area (Å²) in [5.41, 5.74) is 2.01. The third-order valence-corrected chi connectivity index (χ3v) is 26.4. The fourth-order valence-corrected chi connectivity index (χ4v) is 17.3. The minimum absolute atomic E-state index is 0.0554. The number of carbonyl (C=O) groups excluding carboxylic acids is 16. The Kier molecular flexibility index (Phi) is 83.7. The van der Waals surface area contributed by atoms with E-state index in [1.165, 1.54) is 50.0 Å². The van der Waals surface area contributed by atoms with Crippen LogP contribution in [0.15, 0.2) is 99.2 Å². The summed E-state index contributed by atoms with van der Waals surface area (Å²) in [6.07, 6.45) is 61.6. The van der Waals surface area contributed by atoms with Crippen LogP contribution in [0.5, 0.6) is 0 Å². The van der Waals surface area contributed by atoms with Gasteiger partial charge in [0.2, 0.25) is 70.9 Å². The monoisotopic (exact) mass is 2080 g/mol. The maximum absolute atomic E-state index is 11.8. The predicted octanol–water partition coefficient (Wildman–Crippen LogP) is 18.2. The van der Waals surface area contributed by atoms with E-state index in [1.807, 2.05) is 39.2 Å². The second-order valence-electron chi connectivity index (χ2n) is 39.7. The molecule has 8 saturated heterocycles. The van der Waals surface area contributed by atoms with Gasteiger partial charge < -0.3 is 79.4 Å². The lowest BCUT2D eigenvalue weighted by Gasteiger charge is -2.20. The Morgan fingerprint density at radius 2 is 0.405 bits per heavy atom. The highest BCUT2D eigenvalue weighted by atomic mass is 16.5. The SMILES string of the molecule is C=C(C)C(=O)NCCCCCCN1CCCC1=O.C=C(C)C(=O)NCCCCCCN1CCCCCC1=O.C=C(C)C(=O)OCCCCCCN1CCCC1=O.C=C(C)C(=O)OCCCCCCN1CCCCCC1=O.C=CC(=O)NCCCCCCN1CCCC1=O.C=CC(=O)NCCCCCCN1CCCCCC1=O.C=CC(=O)OCCCCCCN1CCCC1=O.C=CC(=O)OCCCCCCN1CCCCCC1=O. The average molecular weight is 2080 g/mol. The third kappa shape index (κ3) is 74.4. The summed E-state index contributed by atoms with van der Waals surface area (Å²) in [5, 5.41) is 11.2. The summed E-state index contributed by atoms with van der Waals surface area (Å²) in [6, 6.07) is 0. The number of nitrogens with zero attached hydrogens (tertiary/aromatic N) is 8. The first kappa shape index (κ1) is 135. The molecule has 0 aromatic carbocycles. The molecule has 0 bridgehead atoms. The lowest BCUT2D eigenvalue weighted by Crippen LogP contribution is -2.31. The van der Waals surface area contributed by atoms with Crippen LogP contribution in [-0.4, -0.2) is 291 Å². The van der Waals surface area contributed by atoms with Crippen molar-refractivity contribution in [3.8, 4) is 0 Å². The Labute approximate surface area is 890 Å². The molecular formula is C116H196N12O20. The molecule has 0 aromatic rings. The van der Waals surface area contributed by atoms with Gasteiger partial charge in [0.1, 0.15) is 0 Å². The number of esters is 4. The van der Waals surface area contributed by atoms with E-state index in [2.05, 4.69) is 73.9 Å². The summed E-state index contributed by atoms with van der Waals surface area (Å²) in [4.78, 5) is 196. The molecule has 4 N–H and O–H groups in total. The first-order chi connectivity index (χ1) is 71.4. The van der Waals surface area contributed by atoms with Gasteiger partial charge in [-0.15, -0.1) is 0 Å². The van der Waals surface area contributed by atoms with Gasteiger partial charge in [-0.25, -0.2) is 19.2 Å². The van der Waals surface area contributed by atoms with Crippen molar-refractivity contribution in [2.75, 3.05) is 157 Å². The molecule has 0 saturated carbocycles. The van der Waals surface area contributed by atoms with Crippen molar-refractivity contribution in [2.45, 2.75) is 387 Å². The van der Waals surface area contributed by atoms with Crippen LogP contribution < -0.4 is 21.3 Å². The van der Waals surface area contributed by atoms with Crippen LogP contribution in [0, 0.1) is 0 Å². The number of unbranched alkanes of at least 4 members (excludes halogenated alkanes) is 24. The van der Waals surface area contributed by atoms with Gasteiger partial charge in [0.05, 0.1) is 26.4 Å². The van der Waals surface area contributed by atoms with Gasteiger partial charge in [-0.3, -0.25) is 57.5 Å². The van der Waals surface area contributed by atoms with Crippen LogP contribution in [0.2, 0.25) is 0 Å². The number of carbonyl (C=O) groups is 16. The lowest BCUT2D eigenvalue weighted by atomic mass is 10.2. The standard InChI is InChI=1S/C16H28N2O2.C16H27NO3.C15H26N2O2.C15H25NO3.C14H24N2O2.C14H23NO3.C13H22N2O2.C13H21NO3/c1-14(2)16(20)17-11-7-3-4-8-12-18-13-9-5-6-10-15(18)19;1-14(2)16(19)20-13-9-4-3-7-11-17-12-8-5-6-10-15(17)18;1-2-14(18)16-11-7-3-4-8-12-17-13-9-5-6-10-15(17)19;1-2-15(18)19-13-9-4-3-7-11-16-12-8-5-6-10-14(16)17;1-12(2)14(18)15-9-5-3-4-6-10-16-11-7-8-13(16)17;1-12(2)14(17)18-11-6-4-3-5-9-15-10-7-8-13(15)16;1-2-12(16)14-9-5-3-4-6-10-15-11-7-8-13(15)17;1-2-13(16)17-11-6-4-3-5-9-14-10-7-8-12(14)15/h1,3-13H2,2H3,(H,17,20);1,3-13H2,2H3;2H,1,3-13H2,(H,16,18);2H,1,3-13H2;1,3-11H2,2H3,(H,15,18);1,3-11H2,2H3;2H,1,3-11H2,(H,14,16);2H,1,3-11H2. The van der Waals surface area contributed by atoms with Gasteiger partial charge in [0.25, 0.3) is 0 Å². The van der Waals surface area contributed by atoms with Crippen LogP contribution in [-0.2, 0) is 95.7 Å². The number of hydrogen-bond donors (Lipinski definition) is 4. The Balaban J connectivity index is 0.000000846. The Morgan fingerprint density at radius 3 is 0.588 bits per heavy atom. The minimum atomic E-state index is -0.354. The van der Waals surface area contributed by atoms with E-state index >= 15 is 0 Å². The van der Waals surface area contributed by atoms with Gasteiger partial charge in [0, 0.05) is 217 Å². The Hall–Kier alpha value is -10.6. The second kappa shape index (κ2) is 91.4. The van der Waals surface area contributed by atoms with Crippen molar-refractivity contribution >= 4 is 94.8 Å². The zero-order chi connectivity index (χ0) is 109. The third-order valence-electron chi connectivity index (χ3n) is 26.4. The van der Waals surface area contributed by atoms with E-state index in [0.29, 0.717) is 122 Å². The zero-order valence-corrected chi connectivity index (χ0v) is 92.3. The smallest absolute Gasteiger partial charge is 0.333 e. The molecule has 32 nitrogen and oxygen atoms in total. The van der Waals surface area contributed by atoms with Crippen LogP contribution in [0.25, 0.3) is 0 Å². The molecular weight excluding hydrogens is 1880 g/mol. The number of likely N-dealkylation sites (tertiary alicyclic amines) is 8. The van der Waals surface area contributed by atoms with Gasteiger partial charge in [-0.2, -0.15) is 0 Å². The minimum Gasteiger partial charge on any atom is -0.463 e. The van der Waals surface area contributed by atoms with Crippen molar-refractivity contribution in [3.63, 3.8) is 0 Å². The molecule has 8 aliphatic rings. The highest BCUT2D eigenvalue weighted by molar-refractivity contribution is 5.93. The van der Waals surface area contributed by atoms with Crippen molar-refractivity contribution in [1.29, 1.82) is 0 Å². The molecule has 0 aromatic heterocycles. The molecule has 8 rings (SSSR count). The highest BCUT2D eigenvalue weighted by Crippen LogP contribution is 2.21. The molecule has 8 heterocycles. The molecule has 0 unspecified atom stereocenters. The van der Waals surface area contributed by atoms with Crippen molar-refractivity contribution in [3.05, 3.63) is 99.2 Å². The molecule has 8 fully saturated rings. The fourth-order valence-electron chi connectivity index (χ4n) is 17.3. The molecule has 148 heavy (non-hydrogen) atoms. The number of amides is 12. The maximum Gasteiger partial charge on any atom is 0.333 e. The average Bonchev–Trinajstić information content (AvgIpc) is 1.79. The maximum atomic E-state index is 11.8. The van der Waals surface area contributed by atoms with Gasteiger partial charge >= 0.3 is 23.9 Å². The van der Waals surface area contributed by atoms with Crippen molar-refractivity contribution < 1.29 is 95.7 Å². The largest absolute Gasteiger partial charge is 0.463 e. The molecule has 8 aliphatic heterocycles. The van der Waals surface area contributed by atoms with Crippen molar-refractivity contribution in [1.82, 2.24) is 60.5 Å². The predicted molar refractivity (Wildman–Crippen MR) is 587 cm³/mol. The number of nitrogens with one attached hydrogen (secondary N) is 4. The summed E-state index contributed by atoms with van der Waals surface area (Å²) in [6.45, 7) is 53.7. The molecule has 0 spiro atoms. The summed E-state index contributed by atoms with van der Waals surface area (Å²) in [5.74, 6) is 0.867. The molecule has 12 amide bonds. The zero-order valence-electron chi connectivity index (χ0n) is 92.3. The van der Waals surface area contributed by atoms with E-state index in [4.69, 9.17) is 18.9 Å². The summed E-state index contributed by atoms with van der Waals surface area (Å²) < 4.78 is 19.8. The van der Waals surface area contributed by atoms with Crippen LogP contribution in [0.3, 0.4) is 0 Å². The normalized spacial score (nSPS) is 15.5. The molecule has 0 atom stereocenters. The topological polar surface area (TPSA) is 384 Å². The number of hydrogen-bond acceptors (Lipinski definition) is 20. The number of rotatable bonds is 64. The Morgan fingerprint density at radius 1 is 0.223 bits per heavy atom. The summed E-state index contributed by atoms with van der Waals surface area (Å²) in [7, 11) is 0. The van der Waals surface area contributed by atoms with Gasteiger partial charge in [0.15, 0.2) is 0 Å². The fraction of sp³-hybridized carbons (Fsp3) is 0.724. The van der Waals surface area contributed by atoms with E-state index in [0.717, 1.165) is 439 Å². The van der Waals surface area contributed by atoms with E-state index in [-0.39, 0.29) is 47.5 Å². The van der Waals surface area contributed by atoms with E-state index < -0.39 is 0 Å². The van der Waals surface area contributed by atoms with Crippen molar-refractivity contribution in [2.24, 2.45) is 0 Å². The van der Waals surface area contributed by atoms with Crippen LogP contribution in [0.1, 0.15) is 387 Å². The number of ether oxygens (including phenoxy) is 4. The van der Waals surface area contributed by atoms with Crippen LogP contribution in [0.4, 0.5) is 0 Å². The van der Waals surface area contributed by atoms with Gasteiger partial charge in [-0.1, -0.05) is 155 Å². The first-order valence-electron chi connectivity index (χ1n) is 56.5. The van der Waals surface area contributed by atoms with Crippen LogP contribution >= 0.6 is 0 Å². The molecule has 0 aliphatic carbocycles. The second-order valence-corrected chi connectivity index (χ2v) is 39.7. The molecule has 0 radical (unpaired) electrons. The van der Waals surface area contributed by atoms with Gasteiger partial charge in [-0.05, 0) is 245 Å². The molecule has 840 valence electrons.